The standard InChI is InChI=1S/C15H26N2O/c1-4-5-6-7-8-9-10-11-15(18)14-12-13(2)16-17(14)3/h12H,4-11H2,1-3H3. The molecule has 0 N–H and O–H groups in total. The van der Waals surface area contributed by atoms with Gasteiger partial charge >= 0.3 is 0 Å². The summed E-state index contributed by atoms with van der Waals surface area (Å²) >= 11 is 0. The molecule has 0 saturated carbocycles. The van der Waals surface area contributed by atoms with Gasteiger partial charge in [-0.3, -0.25) is 9.48 Å². The molecule has 0 unspecified atom stereocenters. The number of Topliss-reactive ketones (excluding diaryl/α,β-unsaturated/α-hetero) is 1. The van der Waals surface area contributed by atoms with Crippen LogP contribution in [-0.4, -0.2) is 15.6 Å². The number of carbonyl (C=O) groups excluding carboxylic acids is 1. The predicted octanol–water partition coefficient (Wildman–Crippen LogP) is 4.05. The van der Waals surface area contributed by atoms with Gasteiger partial charge in [-0.1, -0.05) is 45.4 Å². The van der Waals surface area contributed by atoms with Crippen LogP contribution in [0.15, 0.2) is 6.07 Å². The lowest BCUT2D eigenvalue weighted by atomic mass is 10.1. The smallest absolute Gasteiger partial charge is 0.180 e. The van der Waals surface area contributed by atoms with Gasteiger partial charge in [0.1, 0.15) is 5.69 Å². The van der Waals surface area contributed by atoms with E-state index in [0.717, 1.165) is 17.8 Å². The minimum atomic E-state index is 0.228. The lowest BCUT2D eigenvalue weighted by molar-refractivity contribution is 0.0970. The molecule has 0 aromatic carbocycles. The van der Waals surface area contributed by atoms with E-state index in [1.165, 1.54) is 38.5 Å². The third-order valence-electron chi connectivity index (χ3n) is 3.30. The number of ketones is 1. The zero-order valence-corrected chi connectivity index (χ0v) is 12.0. The van der Waals surface area contributed by atoms with Crippen molar-refractivity contribution in [2.75, 3.05) is 0 Å². The highest BCUT2D eigenvalue weighted by Crippen LogP contribution is 2.11. The molecule has 1 rings (SSSR count). The quantitative estimate of drug-likeness (QED) is 0.489. The third kappa shape index (κ3) is 5.03. The van der Waals surface area contributed by atoms with Crippen molar-refractivity contribution in [3.05, 3.63) is 17.5 Å². The number of unbranched alkanes of at least 4 members (excludes halogenated alkanes) is 6. The van der Waals surface area contributed by atoms with Crippen LogP contribution in [0.5, 0.6) is 0 Å². The summed E-state index contributed by atoms with van der Waals surface area (Å²) in [6.07, 6.45) is 9.38. The first-order chi connectivity index (χ1) is 8.65. The molecule has 0 radical (unpaired) electrons. The van der Waals surface area contributed by atoms with Gasteiger partial charge in [-0.2, -0.15) is 5.10 Å². The van der Waals surface area contributed by atoms with Crippen molar-refractivity contribution in [1.82, 2.24) is 9.78 Å². The molecule has 18 heavy (non-hydrogen) atoms. The van der Waals surface area contributed by atoms with E-state index in [0.29, 0.717) is 6.42 Å². The van der Waals surface area contributed by atoms with E-state index in [1.54, 1.807) is 4.68 Å². The number of aromatic nitrogens is 2. The van der Waals surface area contributed by atoms with Crippen LogP contribution in [0, 0.1) is 6.92 Å². The van der Waals surface area contributed by atoms with Crippen molar-refractivity contribution >= 4 is 5.78 Å². The molecule has 0 atom stereocenters. The number of carbonyl (C=O) groups is 1. The molecule has 0 fully saturated rings. The molecule has 3 nitrogen and oxygen atoms in total. The average Bonchev–Trinajstić information content (AvgIpc) is 2.67. The molecule has 1 heterocycles. The molecule has 0 bridgehead atoms. The van der Waals surface area contributed by atoms with E-state index in [9.17, 15) is 4.79 Å². The maximum atomic E-state index is 12.0. The Balaban J connectivity index is 2.16. The first-order valence-electron chi connectivity index (χ1n) is 7.19. The molecule has 0 spiro atoms. The minimum Gasteiger partial charge on any atom is -0.292 e. The molecule has 0 amide bonds. The van der Waals surface area contributed by atoms with Gasteiger partial charge < -0.3 is 0 Å². The van der Waals surface area contributed by atoms with E-state index in [2.05, 4.69) is 12.0 Å². The second-order valence-electron chi connectivity index (χ2n) is 5.09. The number of hydrogen-bond donors (Lipinski definition) is 0. The molecule has 102 valence electrons. The fourth-order valence-electron chi connectivity index (χ4n) is 2.24. The number of rotatable bonds is 9. The fraction of sp³-hybridized carbons (Fsp3) is 0.733. The van der Waals surface area contributed by atoms with Crippen molar-refractivity contribution < 1.29 is 4.79 Å². The number of hydrogen-bond acceptors (Lipinski definition) is 2. The van der Waals surface area contributed by atoms with Crippen molar-refractivity contribution in [3.63, 3.8) is 0 Å². The Labute approximate surface area is 111 Å². The van der Waals surface area contributed by atoms with Gasteiger partial charge in [-0.25, -0.2) is 0 Å². The topological polar surface area (TPSA) is 34.9 Å². The summed E-state index contributed by atoms with van der Waals surface area (Å²) in [4.78, 5) is 12.0. The molecule has 3 heteroatoms. The number of nitrogens with zero attached hydrogens (tertiary/aromatic N) is 2. The average molecular weight is 250 g/mol. The highest BCUT2D eigenvalue weighted by atomic mass is 16.1. The molecule has 0 saturated heterocycles. The Morgan fingerprint density at radius 3 is 2.33 bits per heavy atom. The summed E-state index contributed by atoms with van der Waals surface area (Å²) in [7, 11) is 1.84. The summed E-state index contributed by atoms with van der Waals surface area (Å²) in [6, 6.07) is 1.88. The van der Waals surface area contributed by atoms with Gasteiger partial charge in [-0.15, -0.1) is 0 Å². The van der Waals surface area contributed by atoms with E-state index in [-0.39, 0.29) is 5.78 Å². The molecule has 1 aromatic rings. The Morgan fingerprint density at radius 1 is 1.17 bits per heavy atom. The van der Waals surface area contributed by atoms with Crippen LogP contribution in [0.1, 0.15) is 74.5 Å². The van der Waals surface area contributed by atoms with Gasteiger partial charge in [0.25, 0.3) is 0 Å². The van der Waals surface area contributed by atoms with Crippen LogP contribution in [0.25, 0.3) is 0 Å². The summed E-state index contributed by atoms with van der Waals surface area (Å²) in [6.45, 7) is 4.15. The van der Waals surface area contributed by atoms with Gasteiger partial charge in [0.15, 0.2) is 5.78 Å². The molecule has 1 aromatic heterocycles. The van der Waals surface area contributed by atoms with Crippen LogP contribution < -0.4 is 0 Å². The van der Waals surface area contributed by atoms with E-state index in [4.69, 9.17) is 0 Å². The van der Waals surface area contributed by atoms with Crippen molar-refractivity contribution in [2.45, 2.75) is 65.2 Å². The molecular formula is C15H26N2O. The van der Waals surface area contributed by atoms with E-state index < -0.39 is 0 Å². The summed E-state index contributed by atoms with van der Waals surface area (Å²) in [5.41, 5.74) is 1.67. The number of aryl methyl sites for hydroxylation is 2. The Morgan fingerprint density at radius 2 is 1.78 bits per heavy atom. The van der Waals surface area contributed by atoms with Crippen LogP contribution in [-0.2, 0) is 7.05 Å². The molecule has 0 aliphatic heterocycles. The monoisotopic (exact) mass is 250 g/mol. The van der Waals surface area contributed by atoms with E-state index >= 15 is 0 Å². The Hall–Kier alpha value is -1.12. The molecule has 0 aliphatic carbocycles. The first kappa shape index (κ1) is 14.9. The Kier molecular flexibility index (Phi) is 6.69. The summed E-state index contributed by atoms with van der Waals surface area (Å²) < 4.78 is 1.69. The zero-order valence-electron chi connectivity index (χ0n) is 12.0. The summed E-state index contributed by atoms with van der Waals surface area (Å²) in [5, 5.41) is 4.21. The van der Waals surface area contributed by atoms with Crippen LogP contribution >= 0.6 is 0 Å². The maximum Gasteiger partial charge on any atom is 0.180 e. The van der Waals surface area contributed by atoms with Crippen molar-refractivity contribution in [1.29, 1.82) is 0 Å². The lowest BCUT2D eigenvalue weighted by Crippen LogP contribution is -2.06. The normalized spacial score (nSPS) is 10.8. The molecule has 0 aliphatic rings. The molecular weight excluding hydrogens is 224 g/mol. The fourth-order valence-corrected chi connectivity index (χ4v) is 2.24. The van der Waals surface area contributed by atoms with Crippen molar-refractivity contribution in [2.24, 2.45) is 7.05 Å². The second-order valence-corrected chi connectivity index (χ2v) is 5.09. The van der Waals surface area contributed by atoms with Gasteiger partial charge in [0.2, 0.25) is 0 Å². The largest absolute Gasteiger partial charge is 0.292 e. The zero-order chi connectivity index (χ0) is 13.4. The third-order valence-corrected chi connectivity index (χ3v) is 3.30. The van der Waals surface area contributed by atoms with Gasteiger partial charge in [0, 0.05) is 13.5 Å². The summed E-state index contributed by atoms with van der Waals surface area (Å²) in [5.74, 6) is 0.228. The van der Waals surface area contributed by atoms with Crippen molar-refractivity contribution in [3.8, 4) is 0 Å². The van der Waals surface area contributed by atoms with E-state index in [1.807, 2.05) is 20.0 Å². The maximum absolute atomic E-state index is 12.0. The lowest BCUT2D eigenvalue weighted by Gasteiger charge is -2.02. The van der Waals surface area contributed by atoms with Crippen LogP contribution in [0.2, 0.25) is 0 Å². The van der Waals surface area contributed by atoms with Gasteiger partial charge in [-0.05, 0) is 19.4 Å². The first-order valence-corrected chi connectivity index (χ1v) is 7.19. The van der Waals surface area contributed by atoms with Crippen LogP contribution in [0.4, 0.5) is 0 Å². The Bertz CT molecular complexity index is 369. The minimum absolute atomic E-state index is 0.228. The highest BCUT2D eigenvalue weighted by molar-refractivity contribution is 5.94. The highest BCUT2D eigenvalue weighted by Gasteiger charge is 2.10. The van der Waals surface area contributed by atoms with Crippen LogP contribution in [0.3, 0.4) is 0 Å². The predicted molar refractivity (Wildman–Crippen MR) is 74.9 cm³/mol. The SMILES string of the molecule is CCCCCCCCCC(=O)c1cc(C)nn1C. The van der Waals surface area contributed by atoms with Gasteiger partial charge in [0.05, 0.1) is 5.69 Å². The second kappa shape index (κ2) is 8.06.